The zero-order chi connectivity index (χ0) is 15.0. The van der Waals surface area contributed by atoms with E-state index >= 15 is 0 Å². The summed E-state index contributed by atoms with van der Waals surface area (Å²) < 4.78 is 5.55. The average molecular weight is 291 g/mol. The standard InChI is InChI=1S/C14H17N3O4/c15-12-9-5-6-21-14(9)13(12)16-11(18)7-8-3-1-2-4-10(8)17(19)20/h1-4,9,12-14H,5-7,15H2,(H,16,18). The normalized spacial score (nSPS) is 30.3. The van der Waals surface area contributed by atoms with Crippen molar-refractivity contribution in [1.82, 2.24) is 5.32 Å². The first-order valence-electron chi connectivity index (χ1n) is 6.97. The quantitative estimate of drug-likeness (QED) is 0.615. The van der Waals surface area contributed by atoms with Crippen molar-refractivity contribution < 1.29 is 14.5 Å². The predicted octanol–water partition coefficient (Wildman–Crippen LogP) is 0.368. The molecule has 4 atom stereocenters. The number of nitrogens with two attached hydrogens (primary N) is 1. The second kappa shape index (κ2) is 5.42. The lowest BCUT2D eigenvalue weighted by molar-refractivity contribution is -0.385. The van der Waals surface area contributed by atoms with Crippen molar-refractivity contribution in [3.63, 3.8) is 0 Å². The van der Waals surface area contributed by atoms with Crippen molar-refractivity contribution in [2.45, 2.75) is 31.0 Å². The number of para-hydroxylation sites is 1. The van der Waals surface area contributed by atoms with E-state index in [1.165, 1.54) is 6.07 Å². The van der Waals surface area contributed by atoms with E-state index in [-0.39, 0.29) is 36.2 Å². The molecular formula is C14H17N3O4. The molecule has 2 aliphatic rings. The number of carbonyl (C=O) groups is 1. The highest BCUT2D eigenvalue weighted by Gasteiger charge is 2.52. The first kappa shape index (κ1) is 14.0. The lowest BCUT2D eigenvalue weighted by Crippen LogP contribution is -2.69. The van der Waals surface area contributed by atoms with Crippen molar-refractivity contribution in [2.24, 2.45) is 11.7 Å². The highest BCUT2D eigenvalue weighted by Crippen LogP contribution is 2.37. The van der Waals surface area contributed by atoms with Gasteiger partial charge in [-0.3, -0.25) is 14.9 Å². The van der Waals surface area contributed by atoms with Gasteiger partial charge in [0.25, 0.3) is 5.69 Å². The SMILES string of the molecule is NC1C2CCOC2C1NC(=O)Cc1ccccc1[N+](=O)[O-]. The summed E-state index contributed by atoms with van der Waals surface area (Å²) in [6, 6.07) is 5.97. The Bertz CT molecular complexity index is 577. The van der Waals surface area contributed by atoms with Crippen molar-refractivity contribution in [1.29, 1.82) is 0 Å². The number of nitrogens with one attached hydrogen (secondary N) is 1. The zero-order valence-electron chi connectivity index (χ0n) is 11.4. The number of nitrogens with zero attached hydrogens (tertiary/aromatic N) is 1. The molecule has 4 unspecified atom stereocenters. The summed E-state index contributed by atoms with van der Waals surface area (Å²) in [5.41, 5.74) is 6.38. The molecule has 21 heavy (non-hydrogen) atoms. The fourth-order valence-corrected chi connectivity index (χ4v) is 3.18. The minimum absolute atomic E-state index is 0.00490. The fourth-order valence-electron chi connectivity index (χ4n) is 3.18. The van der Waals surface area contributed by atoms with Gasteiger partial charge in [-0.15, -0.1) is 0 Å². The minimum atomic E-state index is -0.478. The molecule has 7 heteroatoms. The van der Waals surface area contributed by atoms with E-state index in [0.717, 1.165) is 6.42 Å². The van der Waals surface area contributed by atoms with Crippen LogP contribution in [0.15, 0.2) is 24.3 Å². The lowest BCUT2D eigenvalue weighted by atomic mass is 9.72. The van der Waals surface area contributed by atoms with E-state index in [1.54, 1.807) is 18.2 Å². The summed E-state index contributed by atoms with van der Waals surface area (Å²) in [5, 5.41) is 13.8. The maximum Gasteiger partial charge on any atom is 0.273 e. The largest absolute Gasteiger partial charge is 0.376 e. The predicted molar refractivity (Wildman–Crippen MR) is 74.6 cm³/mol. The molecule has 0 bridgehead atoms. The Hall–Kier alpha value is -1.99. The molecule has 1 amide bonds. The summed E-state index contributed by atoms with van der Waals surface area (Å²) >= 11 is 0. The second-order valence-corrected chi connectivity index (χ2v) is 5.52. The Balaban J connectivity index is 1.64. The van der Waals surface area contributed by atoms with Gasteiger partial charge in [0, 0.05) is 30.2 Å². The molecule has 1 heterocycles. The summed E-state index contributed by atoms with van der Waals surface area (Å²) in [5.74, 6) is 0.0556. The molecule has 3 N–H and O–H groups in total. The molecule has 112 valence electrons. The molecule has 0 aromatic heterocycles. The van der Waals surface area contributed by atoms with Crippen LogP contribution in [0.3, 0.4) is 0 Å². The zero-order valence-corrected chi connectivity index (χ0v) is 11.4. The number of rotatable bonds is 4. The summed E-state index contributed by atoms with van der Waals surface area (Å²) in [4.78, 5) is 22.5. The van der Waals surface area contributed by atoms with Crippen LogP contribution in [0.2, 0.25) is 0 Å². The topological polar surface area (TPSA) is 107 Å². The van der Waals surface area contributed by atoms with Crippen LogP contribution in [0.4, 0.5) is 5.69 Å². The first-order chi connectivity index (χ1) is 10.1. The Morgan fingerprint density at radius 3 is 3.00 bits per heavy atom. The number of hydrogen-bond acceptors (Lipinski definition) is 5. The van der Waals surface area contributed by atoms with Crippen LogP contribution in [0.5, 0.6) is 0 Å². The Morgan fingerprint density at radius 2 is 2.24 bits per heavy atom. The molecular weight excluding hydrogens is 274 g/mol. The van der Waals surface area contributed by atoms with Gasteiger partial charge in [0.2, 0.25) is 5.91 Å². The molecule has 0 radical (unpaired) electrons. The molecule has 2 fully saturated rings. The van der Waals surface area contributed by atoms with Gasteiger partial charge in [-0.05, 0) is 6.42 Å². The summed E-state index contributed by atoms with van der Waals surface area (Å²) in [7, 11) is 0. The van der Waals surface area contributed by atoms with E-state index in [2.05, 4.69) is 5.32 Å². The second-order valence-electron chi connectivity index (χ2n) is 5.52. The van der Waals surface area contributed by atoms with Crippen molar-refractivity contribution >= 4 is 11.6 Å². The third-order valence-corrected chi connectivity index (χ3v) is 4.31. The van der Waals surface area contributed by atoms with Crippen LogP contribution in [-0.2, 0) is 16.0 Å². The molecule has 0 spiro atoms. The first-order valence-corrected chi connectivity index (χ1v) is 6.97. The highest BCUT2D eigenvalue weighted by atomic mass is 16.6. The van der Waals surface area contributed by atoms with Gasteiger partial charge in [0.1, 0.15) is 0 Å². The monoisotopic (exact) mass is 291 g/mol. The Morgan fingerprint density at radius 1 is 1.48 bits per heavy atom. The number of hydrogen-bond donors (Lipinski definition) is 2. The van der Waals surface area contributed by atoms with Crippen molar-refractivity contribution in [3.8, 4) is 0 Å². The number of benzene rings is 1. The van der Waals surface area contributed by atoms with Crippen LogP contribution in [0.25, 0.3) is 0 Å². The van der Waals surface area contributed by atoms with Crippen molar-refractivity contribution in [3.05, 3.63) is 39.9 Å². The van der Waals surface area contributed by atoms with E-state index < -0.39 is 4.92 Å². The lowest BCUT2D eigenvalue weighted by Gasteiger charge is -2.45. The van der Waals surface area contributed by atoms with Crippen molar-refractivity contribution in [2.75, 3.05) is 6.61 Å². The molecule has 3 rings (SSSR count). The fraction of sp³-hybridized carbons (Fsp3) is 0.500. The summed E-state index contributed by atoms with van der Waals surface area (Å²) in [6.07, 6.45) is 0.898. The number of fused-ring (bicyclic) bond motifs is 1. The number of carbonyl (C=O) groups excluding carboxylic acids is 1. The molecule has 1 aromatic rings. The Kier molecular flexibility index (Phi) is 3.60. The van der Waals surface area contributed by atoms with Crippen LogP contribution in [-0.4, -0.2) is 35.6 Å². The van der Waals surface area contributed by atoms with Gasteiger partial charge in [-0.2, -0.15) is 0 Å². The third kappa shape index (κ3) is 2.50. The number of nitro benzene ring substituents is 1. The maximum atomic E-state index is 12.1. The molecule has 7 nitrogen and oxygen atoms in total. The van der Waals surface area contributed by atoms with Crippen LogP contribution in [0, 0.1) is 16.0 Å². The van der Waals surface area contributed by atoms with Gasteiger partial charge in [0.15, 0.2) is 0 Å². The number of amides is 1. The minimum Gasteiger partial charge on any atom is -0.376 e. The maximum absolute atomic E-state index is 12.1. The molecule has 1 aromatic carbocycles. The van der Waals surface area contributed by atoms with Crippen LogP contribution < -0.4 is 11.1 Å². The number of nitro groups is 1. The smallest absolute Gasteiger partial charge is 0.273 e. The number of ether oxygens (including phenoxy) is 1. The van der Waals surface area contributed by atoms with Gasteiger partial charge in [-0.1, -0.05) is 18.2 Å². The Labute approximate surface area is 121 Å². The summed E-state index contributed by atoms with van der Waals surface area (Å²) in [6.45, 7) is 0.680. The third-order valence-electron chi connectivity index (χ3n) is 4.31. The average Bonchev–Trinajstić information content (AvgIpc) is 2.90. The van der Waals surface area contributed by atoms with Crippen LogP contribution >= 0.6 is 0 Å². The van der Waals surface area contributed by atoms with Gasteiger partial charge in [-0.25, -0.2) is 0 Å². The molecule has 1 aliphatic heterocycles. The van der Waals surface area contributed by atoms with E-state index in [9.17, 15) is 14.9 Å². The molecule has 1 saturated heterocycles. The van der Waals surface area contributed by atoms with E-state index in [0.29, 0.717) is 18.1 Å². The van der Waals surface area contributed by atoms with E-state index in [1.807, 2.05) is 0 Å². The van der Waals surface area contributed by atoms with Gasteiger partial charge in [0.05, 0.1) is 23.5 Å². The molecule has 1 saturated carbocycles. The van der Waals surface area contributed by atoms with Crippen LogP contribution in [0.1, 0.15) is 12.0 Å². The van der Waals surface area contributed by atoms with Gasteiger partial charge < -0.3 is 15.8 Å². The highest BCUT2D eigenvalue weighted by molar-refractivity contribution is 5.80. The van der Waals surface area contributed by atoms with Gasteiger partial charge >= 0.3 is 0 Å². The van der Waals surface area contributed by atoms with E-state index in [4.69, 9.17) is 10.5 Å². The molecule has 1 aliphatic carbocycles.